The number of amidine groups is 1. The van der Waals surface area contributed by atoms with Crippen LogP contribution >= 0.6 is 11.8 Å². The first-order valence-corrected chi connectivity index (χ1v) is 11.9. The Morgan fingerprint density at radius 3 is 2.75 bits per heavy atom. The smallest absolute Gasteiger partial charge is 0.276 e. The van der Waals surface area contributed by atoms with Crippen molar-refractivity contribution in [2.45, 2.75) is 39.3 Å². The molecule has 2 aromatic rings. The van der Waals surface area contributed by atoms with Crippen LogP contribution in [0.5, 0.6) is 11.5 Å². The van der Waals surface area contributed by atoms with Gasteiger partial charge in [-0.1, -0.05) is 55.8 Å². The number of carbonyl (C=O) groups is 1. The van der Waals surface area contributed by atoms with Crippen LogP contribution in [0.4, 0.5) is 0 Å². The molecule has 0 spiro atoms. The molecule has 2 heterocycles. The zero-order chi connectivity index (χ0) is 22.5. The fraction of sp³-hybridized carbons (Fsp3) is 0.375. The number of amides is 1. The molecule has 0 aromatic heterocycles. The predicted molar refractivity (Wildman–Crippen MR) is 127 cm³/mol. The number of carbonyl (C=O) groups excluding carboxylic acids is 1. The number of hydrogen-bond acceptors (Lipinski definition) is 7. The predicted octanol–water partition coefficient (Wildman–Crippen LogP) is 3.16. The summed E-state index contributed by atoms with van der Waals surface area (Å²) in [7, 11) is 1.62. The summed E-state index contributed by atoms with van der Waals surface area (Å²) in [5.41, 5.74) is 1.37. The third kappa shape index (κ3) is 4.46. The number of hydrogen-bond donors (Lipinski definition) is 1. The Hall–Kier alpha value is -3.00. The first-order chi connectivity index (χ1) is 15.7. The molecule has 2 aliphatic heterocycles. The molecule has 2 aliphatic rings. The van der Waals surface area contributed by atoms with Gasteiger partial charge in [-0.3, -0.25) is 15.1 Å². The van der Waals surface area contributed by atoms with E-state index in [1.54, 1.807) is 23.9 Å². The summed E-state index contributed by atoms with van der Waals surface area (Å²) in [5, 5.41) is 11.6. The second-order valence-electron chi connectivity index (χ2n) is 7.47. The van der Waals surface area contributed by atoms with Gasteiger partial charge in [0, 0.05) is 16.5 Å². The standard InChI is InChI=1S/C24H28N4O3S/c1-4-6-9-14-32-24-26-23(29)21-17-10-7-8-11-18(17)25-22(28(21)27-24)16-12-13-19(31-5-2)20(15-16)30-3/h7-8,10-13,15,22H,4-6,9,14H2,1-3H3,(H,26,27,29)/t22-/m1/s1. The van der Waals surface area contributed by atoms with Crippen molar-refractivity contribution >= 4 is 28.5 Å². The van der Waals surface area contributed by atoms with Crippen LogP contribution < -0.4 is 25.4 Å². The monoisotopic (exact) mass is 452 g/mol. The van der Waals surface area contributed by atoms with Gasteiger partial charge in [-0.05, 0) is 31.5 Å². The SMILES string of the molecule is CCCCCSC1=NN2C(=c3ccccc3=N[C@H]2c2ccc(OCC)c(OC)c2)C(=O)N1. The van der Waals surface area contributed by atoms with Crippen molar-refractivity contribution in [3.8, 4) is 11.5 Å². The van der Waals surface area contributed by atoms with Gasteiger partial charge in [-0.25, -0.2) is 5.01 Å². The second kappa shape index (κ2) is 10.1. The highest BCUT2D eigenvalue weighted by molar-refractivity contribution is 8.13. The van der Waals surface area contributed by atoms with E-state index in [-0.39, 0.29) is 5.91 Å². The Bertz CT molecular complexity index is 1150. The Morgan fingerprint density at radius 1 is 1.12 bits per heavy atom. The maximum absolute atomic E-state index is 13.2. The van der Waals surface area contributed by atoms with Crippen LogP contribution in [0.15, 0.2) is 52.6 Å². The van der Waals surface area contributed by atoms with E-state index in [2.05, 4.69) is 12.2 Å². The van der Waals surface area contributed by atoms with Crippen molar-refractivity contribution in [3.63, 3.8) is 0 Å². The number of unbranched alkanes of at least 4 members (excludes halogenated alkanes) is 2. The summed E-state index contributed by atoms with van der Waals surface area (Å²) < 4.78 is 11.2. The van der Waals surface area contributed by atoms with Gasteiger partial charge in [0.25, 0.3) is 5.91 Å². The topological polar surface area (TPSA) is 75.5 Å². The highest BCUT2D eigenvalue weighted by atomic mass is 32.2. The highest BCUT2D eigenvalue weighted by Crippen LogP contribution is 2.36. The Balaban J connectivity index is 1.77. The number of ether oxygens (including phenoxy) is 2. The van der Waals surface area contributed by atoms with Gasteiger partial charge < -0.3 is 9.47 Å². The summed E-state index contributed by atoms with van der Waals surface area (Å²) in [6.45, 7) is 4.65. The Labute approximate surface area is 192 Å². The first kappa shape index (κ1) is 22.2. The fourth-order valence-corrected chi connectivity index (χ4v) is 4.60. The van der Waals surface area contributed by atoms with Gasteiger partial charge in [0.1, 0.15) is 5.70 Å². The lowest BCUT2D eigenvalue weighted by molar-refractivity contribution is -0.116. The quantitative estimate of drug-likeness (QED) is 0.623. The van der Waals surface area contributed by atoms with E-state index in [9.17, 15) is 4.79 Å². The van der Waals surface area contributed by atoms with Gasteiger partial charge >= 0.3 is 0 Å². The van der Waals surface area contributed by atoms with Crippen LogP contribution in [0.3, 0.4) is 0 Å². The lowest BCUT2D eigenvalue weighted by atomic mass is 10.1. The first-order valence-electron chi connectivity index (χ1n) is 11.0. The molecular weight excluding hydrogens is 424 g/mol. The van der Waals surface area contributed by atoms with E-state index < -0.39 is 6.17 Å². The third-order valence-electron chi connectivity index (χ3n) is 5.29. The van der Waals surface area contributed by atoms with Crippen LogP contribution in [0.2, 0.25) is 0 Å². The van der Waals surface area contributed by atoms with Crippen LogP contribution in [0, 0.1) is 0 Å². The molecule has 0 saturated carbocycles. The second-order valence-corrected chi connectivity index (χ2v) is 8.55. The molecule has 4 rings (SSSR count). The van der Waals surface area contributed by atoms with Gasteiger partial charge in [-0.15, -0.1) is 5.10 Å². The molecule has 32 heavy (non-hydrogen) atoms. The minimum atomic E-state index is -0.484. The number of thioether (sulfide) groups is 1. The van der Waals surface area contributed by atoms with E-state index in [0.29, 0.717) is 29.0 Å². The average molecular weight is 453 g/mol. The molecule has 7 nitrogen and oxygen atoms in total. The van der Waals surface area contributed by atoms with Crippen molar-refractivity contribution in [1.29, 1.82) is 0 Å². The molecule has 0 bridgehead atoms. The summed E-state index contributed by atoms with van der Waals surface area (Å²) >= 11 is 1.57. The lowest BCUT2D eigenvalue weighted by Crippen LogP contribution is -2.50. The third-order valence-corrected chi connectivity index (χ3v) is 6.24. The van der Waals surface area contributed by atoms with Crippen LogP contribution in [0.1, 0.15) is 44.8 Å². The molecule has 0 saturated heterocycles. The fourth-order valence-electron chi connectivity index (χ4n) is 3.75. The van der Waals surface area contributed by atoms with E-state index in [0.717, 1.165) is 41.2 Å². The van der Waals surface area contributed by atoms with Crippen molar-refractivity contribution < 1.29 is 14.3 Å². The van der Waals surface area contributed by atoms with Crippen LogP contribution in [-0.4, -0.2) is 35.6 Å². The van der Waals surface area contributed by atoms with E-state index in [1.807, 2.05) is 49.4 Å². The summed E-state index contributed by atoms with van der Waals surface area (Å²) in [6, 6.07) is 13.4. The van der Waals surface area contributed by atoms with Crippen molar-refractivity contribution in [3.05, 3.63) is 58.6 Å². The number of methoxy groups -OCH3 is 1. The Kier molecular flexibility index (Phi) is 6.99. The molecule has 0 aliphatic carbocycles. The zero-order valence-corrected chi connectivity index (χ0v) is 19.4. The molecule has 8 heteroatoms. The van der Waals surface area contributed by atoms with Crippen molar-refractivity contribution in [2.75, 3.05) is 19.5 Å². The van der Waals surface area contributed by atoms with Crippen LogP contribution in [0.25, 0.3) is 5.70 Å². The summed E-state index contributed by atoms with van der Waals surface area (Å²) in [4.78, 5) is 18.1. The Morgan fingerprint density at radius 2 is 1.97 bits per heavy atom. The minimum Gasteiger partial charge on any atom is -0.493 e. The lowest BCUT2D eigenvalue weighted by Gasteiger charge is -2.34. The molecule has 0 radical (unpaired) electrons. The van der Waals surface area contributed by atoms with Crippen molar-refractivity contribution in [1.82, 2.24) is 10.3 Å². The number of nitrogens with zero attached hydrogens (tertiary/aromatic N) is 3. The van der Waals surface area contributed by atoms with Gasteiger partial charge in [0.05, 0.1) is 19.1 Å². The number of nitrogens with one attached hydrogen (secondary N) is 1. The summed E-state index contributed by atoms with van der Waals surface area (Å²) in [6.07, 6.45) is 2.91. The van der Waals surface area contributed by atoms with E-state index in [1.165, 1.54) is 0 Å². The van der Waals surface area contributed by atoms with E-state index in [4.69, 9.17) is 19.6 Å². The molecule has 2 aromatic carbocycles. The van der Waals surface area contributed by atoms with Gasteiger partial charge in [-0.2, -0.15) is 0 Å². The molecule has 168 valence electrons. The highest BCUT2D eigenvalue weighted by Gasteiger charge is 2.34. The maximum Gasteiger partial charge on any atom is 0.276 e. The van der Waals surface area contributed by atoms with Crippen LogP contribution in [-0.2, 0) is 4.79 Å². The van der Waals surface area contributed by atoms with Crippen molar-refractivity contribution in [2.24, 2.45) is 10.1 Å². The maximum atomic E-state index is 13.2. The number of fused-ring (bicyclic) bond motifs is 2. The molecule has 1 atom stereocenters. The normalized spacial score (nSPS) is 17.0. The molecule has 1 amide bonds. The van der Waals surface area contributed by atoms with Gasteiger partial charge in [0.2, 0.25) is 0 Å². The van der Waals surface area contributed by atoms with E-state index >= 15 is 0 Å². The molecule has 0 unspecified atom stereocenters. The molecule has 1 N–H and O–H groups in total. The zero-order valence-electron chi connectivity index (χ0n) is 18.6. The largest absolute Gasteiger partial charge is 0.493 e. The van der Waals surface area contributed by atoms with Gasteiger partial charge in [0.15, 0.2) is 22.8 Å². The molecule has 0 fully saturated rings. The number of hydrazone groups is 1. The number of para-hydroxylation sites is 1. The molecular formula is C24H28N4O3S. The average Bonchev–Trinajstić information content (AvgIpc) is 2.81. The minimum absolute atomic E-state index is 0.164. The number of rotatable bonds is 8. The number of benzene rings is 2. The summed E-state index contributed by atoms with van der Waals surface area (Å²) in [5.74, 6) is 2.04.